The normalized spacial score (nSPS) is 34.5. The Labute approximate surface area is 132 Å². The van der Waals surface area contributed by atoms with Crippen LogP contribution in [0.1, 0.15) is 41.0 Å². The largest absolute Gasteiger partial charge is 0.444 e. The van der Waals surface area contributed by atoms with Gasteiger partial charge in [0.25, 0.3) is 0 Å². The van der Waals surface area contributed by atoms with Gasteiger partial charge in [-0.15, -0.1) is 0 Å². The predicted octanol–water partition coefficient (Wildman–Crippen LogP) is 2.44. The maximum atomic E-state index is 14.6. The fourth-order valence-corrected chi connectivity index (χ4v) is 3.28. The van der Waals surface area contributed by atoms with Crippen LogP contribution in [0.2, 0.25) is 0 Å². The third kappa shape index (κ3) is 4.56. The van der Waals surface area contributed by atoms with Gasteiger partial charge in [-0.05, 0) is 41.0 Å². The summed E-state index contributed by atoms with van der Waals surface area (Å²) in [5.74, 6) is 0. The van der Waals surface area contributed by atoms with Crippen LogP contribution in [0.15, 0.2) is 0 Å². The topological polar surface area (TPSA) is 42.0 Å². The molecule has 22 heavy (non-hydrogen) atoms. The minimum atomic E-state index is -1.04. The van der Waals surface area contributed by atoms with Gasteiger partial charge >= 0.3 is 6.09 Å². The Bertz CT molecular complexity index is 389. The maximum Gasteiger partial charge on any atom is 0.410 e. The molecule has 2 heterocycles. The van der Waals surface area contributed by atoms with Crippen molar-refractivity contribution in [3.63, 3.8) is 0 Å². The molecule has 0 aliphatic carbocycles. The van der Waals surface area contributed by atoms with Gasteiger partial charge in [-0.25, -0.2) is 9.18 Å². The third-order valence-electron chi connectivity index (χ3n) is 4.08. The van der Waals surface area contributed by atoms with E-state index in [0.29, 0.717) is 13.0 Å². The quantitative estimate of drug-likeness (QED) is 0.745. The van der Waals surface area contributed by atoms with Gasteiger partial charge in [0.1, 0.15) is 11.8 Å². The van der Waals surface area contributed by atoms with E-state index in [1.165, 1.54) is 4.90 Å². The lowest BCUT2D eigenvalue weighted by Crippen LogP contribution is -2.58. The maximum absolute atomic E-state index is 14.6. The first kappa shape index (κ1) is 17.5. The Balaban J connectivity index is 1.91. The first-order valence-electron chi connectivity index (χ1n) is 8.17. The van der Waals surface area contributed by atoms with Crippen LogP contribution in [0.25, 0.3) is 0 Å². The number of carbonyl (C=O) groups excluding carboxylic acids is 1. The highest BCUT2D eigenvalue weighted by Crippen LogP contribution is 2.24. The Morgan fingerprint density at radius 3 is 2.27 bits per heavy atom. The molecule has 0 bridgehead atoms. The zero-order valence-corrected chi connectivity index (χ0v) is 14.3. The van der Waals surface area contributed by atoms with Crippen molar-refractivity contribution in [1.29, 1.82) is 0 Å². The second-order valence-corrected chi connectivity index (χ2v) is 7.51. The van der Waals surface area contributed by atoms with E-state index in [2.05, 4.69) is 4.90 Å². The van der Waals surface area contributed by atoms with Gasteiger partial charge in [-0.1, -0.05) is 0 Å². The molecule has 2 aliphatic rings. The second kappa shape index (κ2) is 6.71. The minimum Gasteiger partial charge on any atom is -0.444 e. The average molecular weight is 316 g/mol. The average Bonchev–Trinajstić information content (AvgIpc) is 2.35. The Morgan fingerprint density at radius 2 is 1.77 bits per heavy atom. The summed E-state index contributed by atoms with van der Waals surface area (Å²) in [7, 11) is 0. The van der Waals surface area contributed by atoms with Crippen molar-refractivity contribution in [2.75, 3.05) is 26.2 Å². The first-order valence-corrected chi connectivity index (χ1v) is 8.17. The van der Waals surface area contributed by atoms with Gasteiger partial charge in [0.05, 0.1) is 18.8 Å². The molecule has 0 unspecified atom stereocenters. The van der Waals surface area contributed by atoms with Crippen LogP contribution in [-0.4, -0.2) is 72.1 Å². The van der Waals surface area contributed by atoms with Crippen LogP contribution in [0.4, 0.5) is 9.18 Å². The van der Waals surface area contributed by atoms with Gasteiger partial charge in [0.2, 0.25) is 0 Å². The first-order chi connectivity index (χ1) is 10.2. The zero-order valence-electron chi connectivity index (χ0n) is 14.3. The molecule has 2 aliphatic heterocycles. The number of ether oxygens (including phenoxy) is 2. The number of hydrogen-bond acceptors (Lipinski definition) is 4. The highest BCUT2D eigenvalue weighted by molar-refractivity contribution is 5.68. The van der Waals surface area contributed by atoms with Crippen LogP contribution in [-0.2, 0) is 9.47 Å². The number of piperidine rings is 1. The lowest BCUT2D eigenvalue weighted by atomic mass is 9.99. The summed E-state index contributed by atoms with van der Waals surface area (Å²) in [5.41, 5.74) is -0.547. The number of carbonyl (C=O) groups is 1. The molecular formula is C16H29FN2O3. The fraction of sp³-hybridized carbons (Fsp3) is 0.938. The molecule has 1 amide bonds. The van der Waals surface area contributed by atoms with Gasteiger partial charge in [0.15, 0.2) is 0 Å². The zero-order chi connectivity index (χ0) is 16.5. The highest BCUT2D eigenvalue weighted by Gasteiger charge is 2.38. The molecule has 0 aromatic heterocycles. The third-order valence-corrected chi connectivity index (χ3v) is 4.08. The number of halogens is 1. The SMILES string of the molecule is C[C@@H]1CN([C@@H]2CCN(C(=O)OC(C)(C)C)C[C@@H]2F)C[C@H](C)O1. The van der Waals surface area contributed by atoms with E-state index in [1.54, 1.807) is 0 Å². The van der Waals surface area contributed by atoms with Crippen LogP contribution in [0.3, 0.4) is 0 Å². The van der Waals surface area contributed by atoms with Crippen LogP contribution < -0.4 is 0 Å². The number of nitrogens with zero attached hydrogens (tertiary/aromatic N) is 2. The number of hydrogen-bond donors (Lipinski definition) is 0. The number of morpholine rings is 1. The lowest BCUT2D eigenvalue weighted by Gasteiger charge is -2.44. The van der Waals surface area contributed by atoms with Crippen molar-refractivity contribution < 1.29 is 18.7 Å². The van der Waals surface area contributed by atoms with E-state index in [9.17, 15) is 9.18 Å². The Morgan fingerprint density at radius 1 is 1.18 bits per heavy atom. The second-order valence-electron chi connectivity index (χ2n) is 7.51. The van der Waals surface area contributed by atoms with E-state index in [4.69, 9.17) is 9.47 Å². The molecule has 128 valence electrons. The van der Waals surface area contributed by atoms with Gasteiger partial charge in [-0.3, -0.25) is 4.90 Å². The molecule has 6 heteroatoms. The molecule has 4 atom stereocenters. The van der Waals surface area contributed by atoms with Crippen molar-refractivity contribution in [3.05, 3.63) is 0 Å². The van der Waals surface area contributed by atoms with Crippen molar-refractivity contribution >= 4 is 6.09 Å². The van der Waals surface area contributed by atoms with E-state index in [1.807, 2.05) is 34.6 Å². The summed E-state index contributed by atoms with van der Waals surface area (Å²) in [5, 5.41) is 0. The molecule has 0 radical (unpaired) electrons. The summed E-state index contributed by atoms with van der Waals surface area (Å²) in [6.07, 6.45) is -0.574. The van der Waals surface area contributed by atoms with Crippen molar-refractivity contribution in [2.45, 2.75) is 71.1 Å². The molecule has 0 spiro atoms. The standard InChI is InChI=1S/C16H29FN2O3/c1-11-8-19(9-12(2)21-11)14-6-7-18(10-13(14)17)15(20)22-16(3,4)5/h11-14H,6-10H2,1-5H3/t11-,12+,13-,14+/m0/s1. The van der Waals surface area contributed by atoms with Gasteiger partial charge < -0.3 is 14.4 Å². The monoisotopic (exact) mass is 316 g/mol. The van der Waals surface area contributed by atoms with E-state index >= 15 is 0 Å². The number of likely N-dealkylation sites (tertiary alicyclic amines) is 1. The molecule has 2 rings (SSSR count). The molecule has 0 aromatic rings. The number of amides is 1. The Hall–Kier alpha value is -0.880. The van der Waals surface area contributed by atoms with Crippen molar-refractivity contribution in [2.24, 2.45) is 0 Å². The fourth-order valence-electron chi connectivity index (χ4n) is 3.28. The molecule has 2 saturated heterocycles. The minimum absolute atomic E-state index is 0.111. The van der Waals surface area contributed by atoms with Crippen LogP contribution >= 0.6 is 0 Å². The van der Waals surface area contributed by atoms with Crippen molar-refractivity contribution in [1.82, 2.24) is 9.80 Å². The molecule has 2 fully saturated rings. The van der Waals surface area contributed by atoms with Crippen LogP contribution in [0.5, 0.6) is 0 Å². The summed E-state index contributed by atoms with van der Waals surface area (Å²) < 4.78 is 25.6. The summed E-state index contributed by atoms with van der Waals surface area (Å²) in [4.78, 5) is 15.7. The lowest BCUT2D eigenvalue weighted by molar-refractivity contribution is -0.0979. The molecular weight excluding hydrogens is 287 g/mol. The number of alkyl halides is 1. The summed E-state index contributed by atoms with van der Waals surface area (Å²) >= 11 is 0. The summed E-state index contributed by atoms with van der Waals surface area (Å²) in [6.45, 7) is 11.7. The highest BCUT2D eigenvalue weighted by atomic mass is 19.1. The molecule has 5 nitrogen and oxygen atoms in total. The Kier molecular flexibility index (Phi) is 5.33. The summed E-state index contributed by atoms with van der Waals surface area (Å²) in [6, 6.07) is -0.132. The molecule has 0 N–H and O–H groups in total. The number of rotatable bonds is 1. The van der Waals surface area contributed by atoms with E-state index in [0.717, 1.165) is 13.1 Å². The van der Waals surface area contributed by atoms with Crippen LogP contribution in [0, 0.1) is 0 Å². The van der Waals surface area contributed by atoms with Gasteiger partial charge in [0, 0.05) is 25.7 Å². The molecule has 0 aromatic carbocycles. The van der Waals surface area contributed by atoms with Crippen molar-refractivity contribution in [3.8, 4) is 0 Å². The van der Waals surface area contributed by atoms with E-state index < -0.39 is 17.9 Å². The van der Waals surface area contributed by atoms with E-state index in [-0.39, 0.29) is 24.8 Å². The van der Waals surface area contributed by atoms with Gasteiger partial charge in [-0.2, -0.15) is 0 Å². The smallest absolute Gasteiger partial charge is 0.410 e. The predicted molar refractivity (Wildman–Crippen MR) is 82.7 cm³/mol. The molecule has 0 saturated carbocycles.